The van der Waals surface area contributed by atoms with Crippen LogP contribution in [0.15, 0.2) is 29.4 Å². The van der Waals surface area contributed by atoms with E-state index in [1.54, 1.807) is 41.6 Å². The van der Waals surface area contributed by atoms with E-state index in [9.17, 15) is 13.2 Å². The molecule has 0 unspecified atom stereocenters. The molecule has 1 aromatic carbocycles. The van der Waals surface area contributed by atoms with Crippen LogP contribution in [0.2, 0.25) is 10.0 Å². The molecular formula is C17H21Cl2N5O3S. The number of carbonyl (C=O) groups excluding carboxylic acids is 1. The van der Waals surface area contributed by atoms with Crippen LogP contribution in [-0.4, -0.2) is 59.4 Å². The standard InChI is InChI=1S/C17H21Cl2N5O3S/c1-12-20-16(11-22(12)2)28(26,27)24-7-3-6-23(8-9-24)17(25)21-13-4-5-14(18)15(19)10-13/h4-5,10-11H,3,6-9H2,1-2H3,(H,21,25). The lowest BCUT2D eigenvalue weighted by Gasteiger charge is -2.22. The van der Waals surface area contributed by atoms with Crippen LogP contribution in [0.5, 0.6) is 0 Å². The number of rotatable bonds is 3. The molecule has 28 heavy (non-hydrogen) atoms. The highest BCUT2D eigenvalue weighted by Gasteiger charge is 2.30. The molecule has 0 aliphatic carbocycles. The number of urea groups is 1. The summed E-state index contributed by atoms with van der Waals surface area (Å²) in [4.78, 5) is 18.3. The summed E-state index contributed by atoms with van der Waals surface area (Å²) in [6.45, 7) is 3.00. The lowest BCUT2D eigenvalue weighted by molar-refractivity contribution is 0.214. The summed E-state index contributed by atoms with van der Waals surface area (Å²) in [5.74, 6) is 0.621. The fourth-order valence-corrected chi connectivity index (χ4v) is 4.69. The summed E-state index contributed by atoms with van der Waals surface area (Å²) in [5, 5.41) is 3.54. The second kappa shape index (κ2) is 8.28. The quantitative estimate of drug-likeness (QED) is 0.786. The Morgan fingerprint density at radius 1 is 1.14 bits per heavy atom. The zero-order valence-corrected chi connectivity index (χ0v) is 17.9. The lowest BCUT2D eigenvalue weighted by atomic mass is 10.3. The van der Waals surface area contributed by atoms with Crippen LogP contribution < -0.4 is 5.32 Å². The lowest BCUT2D eigenvalue weighted by Crippen LogP contribution is -2.39. The number of sulfonamides is 1. The second-order valence-electron chi connectivity index (χ2n) is 6.54. The maximum atomic E-state index is 12.8. The Bertz CT molecular complexity index is 973. The molecule has 2 amide bonds. The Morgan fingerprint density at radius 2 is 1.89 bits per heavy atom. The highest BCUT2D eigenvalue weighted by Crippen LogP contribution is 2.25. The third-order valence-corrected chi connectivity index (χ3v) is 7.11. The van der Waals surface area contributed by atoms with Crippen LogP contribution in [0.4, 0.5) is 10.5 Å². The number of nitrogens with one attached hydrogen (secondary N) is 1. The van der Waals surface area contributed by atoms with Gasteiger partial charge >= 0.3 is 6.03 Å². The molecule has 1 aromatic heterocycles. The minimum Gasteiger partial charge on any atom is -0.337 e. The molecule has 1 aliphatic heterocycles. The number of nitrogens with zero attached hydrogens (tertiary/aromatic N) is 4. The summed E-state index contributed by atoms with van der Waals surface area (Å²) >= 11 is 11.9. The number of hydrogen-bond acceptors (Lipinski definition) is 4. The van der Waals surface area contributed by atoms with Crippen molar-refractivity contribution in [2.45, 2.75) is 18.4 Å². The van der Waals surface area contributed by atoms with Crippen molar-refractivity contribution in [2.24, 2.45) is 7.05 Å². The van der Waals surface area contributed by atoms with Crippen LogP contribution in [0, 0.1) is 6.92 Å². The summed E-state index contributed by atoms with van der Waals surface area (Å²) in [6, 6.07) is 4.51. The average Bonchev–Trinajstić information content (AvgIpc) is 2.85. The Hall–Kier alpha value is -1.81. The van der Waals surface area contributed by atoms with E-state index in [0.29, 0.717) is 41.1 Å². The molecule has 1 aliphatic rings. The molecule has 8 nitrogen and oxygen atoms in total. The van der Waals surface area contributed by atoms with Crippen molar-refractivity contribution in [3.05, 3.63) is 40.3 Å². The molecule has 2 heterocycles. The topological polar surface area (TPSA) is 87.5 Å². The first-order valence-corrected chi connectivity index (χ1v) is 10.9. The number of benzene rings is 1. The minimum absolute atomic E-state index is 0.0289. The van der Waals surface area contributed by atoms with Crippen molar-refractivity contribution >= 4 is 44.9 Å². The number of aromatic nitrogens is 2. The number of imidazole rings is 1. The molecule has 2 aromatic rings. The van der Waals surface area contributed by atoms with Gasteiger partial charge in [-0.2, -0.15) is 4.31 Å². The van der Waals surface area contributed by atoms with Crippen molar-refractivity contribution in [3.8, 4) is 0 Å². The van der Waals surface area contributed by atoms with E-state index < -0.39 is 10.0 Å². The molecule has 0 saturated carbocycles. The average molecular weight is 446 g/mol. The normalized spacial score (nSPS) is 16.1. The number of hydrogen-bond donors (Lipinski definition) is 1. The molecule has 0 bridgehead atoms. The van der Waals surface area contributed by atoms with Gasteiger partial charge in [-0.15, -0.1) is 0 Å². The number of amides is 2. The van der Waals surface area contributed by atoms with Gasteiger partial charge in [0.25, 0.3) is 10.0 Å². The third kappa shape index (κ3) is 4.43. The van der Waals surface area contributed by atoms with Gasteiger partial charge in [0.2, 0.25) is 0 Å². The van der Waals surface area contributed by atoms with Gasteiger partial charge in [-0.1, -0.05) is 23.2 Å². The highest BCUT2D eigenvalue weighted by molar-refractivity contribution is 7.89. The van der Waals surface area contributed by atoms with Crippen LogP contribution in [0.25, 0.3) is 0 Å². The molecule has 3 rings (SSSR count). The summed E-state index contributed by atoms with van der Waals surface area (Å²) in [5.41, 5.74) is 0.525. The van der Waals surface area contributed by atoms with Crippen LogP contribution in [0.3, 0.4) is 0 Å². The molecule has 152 valence electrons. The summed E-state index contributed by atoms with van der Waals surface area (Å²) < 4.78 is 28.7. The third-order valence-electron chi connectivity index (χ3n) is 4.60. The Labute approximate surface area is 174 Å². The molecule has 0 spiro atoms. The summed E-state index contributed by atoms with van der Waals surface area (Å²) in [7, 11) is -1.95. The zero-order valence-electron chi connectivity index (χ0n) is 15.5. The molecule has 1 N–H and O–H groups in total. The fraction of sp³-hybridized carbons (Fsp3) is 0.412. The van der Waals surface area contributed by atoms with Crippen molar-refractivity contribution in [2.75, 3.05) is 31.5 Å². The molecule has 0 atom stereocenters. The van der Waals surface area contributed by atoms with Gasteiger partial charge < -0.3 is 14.8 Å². The van der Waals surface area contributed by atoms with Gasteiger partial charge in [0, 0.05) is 45.1 Å². The maximum Gasteiger partial charge on any atom is 0.321 e. The largest absolute Gasteiger partial charge is 0.337 e. The fourth-order valence-electron chi connectivity index (χ4n) is 2.90. The van der Waals surface area contributed by atoms with Crippen molar-refractivity contribution in [3.63, 3.8) is 0 Å². The predicted octanol–water partition coefficient (Wildman–Crippen LogP) is 2.96. The van der Waals surface area contributed by atoms with E-state index in [-0.39, 0.29) is 24.1 Å². The van der Waals surface area contributed by atoms with E-state index in [2.05, 4.69) is 10.3 Å². The number of halogens is 2. The van der Waals surface area contributed by atoms with Gasteiger partial charge in [0.1, 0.15) is 5.82 Å². The summed E-state index contributed by atoms with van der Waals surface area (Å²) in [6.07, 6.45) is 2.03. The number of carbonyl (C=O) groups is 1. The van der Waals surface area contributed by atoms with Crippen LogP contribution in [0.1, 0.15) is 12.2 Å². The van der Waals surface area contributed by atoms with E-state index in [4.69, 9.17) is 23.2 Å². The molecule has 1 fully saturated rings. The first kappa shape index (κ1) is 20.9. The van der Waals surface area contributed by atoms with Crippen molar-refractivity contribution < 1.29 is 13.2 Å². The molecule has 0 radical (unpaired) electrons. The van der Waals surface area contributed by atoms with Crippen molar-refractivity contribution in [1.29, 1.82) is 0 Å². The van der Waals surface area contributed by atoms with Crippen molar-refractivity contribution in [1.82, 2.24) is 18.8 Å². The Kier molecular flexibility index (Phi) is 6.18. The van der Waals surface area contributed by atoms with Gasteiger partial charge in [0.05, 0.1) is 10.0 Å². The van der Waals surface area contributed by atoms with E-state index >= 15 is 0 Å². The molecule has 1 saturated heterocycles. The first-order chi connectivity index (χ1) is 13.2. The SMILES string of the molecule is Cc1nc(S(=O)(=O)N2CCCN(C(=O)Nc3ccc(Cl)c(Cl)c3)CC2)cn1C. The predicted molar refractivity (Wildman–Crippen MR) is 108 cm³/mol. The van der Waals surface area contributed by atoms with E-state index in [1.165, 1.54) is 10.5 Å². The molecular weight excluding hydrogens is 425 g/mol. The van der Waals surface area contributed by atoms with Crippen LogP contribution >= 0.6 is 23.2 Å². The van der Waals surface area contributed by atoms with Gasteiger partial charge in [-0.3, -0.25) is 0 Å². The second-order valence-corrected chi connectivity index (χ2v) is 9.24. The number of anilines is 1. The van der Waals surface area contributed by atoms with E-state index in [1.807, 2.05) is 0 Å². The smallest absolute Gasteiger partial charge is 0.321 e. The van der Waals surface area contributed by atoms with Gasteiger partial charge in [-0.05, 0) is 31.5 Å². The van der Waals surface area contributed by atoms with Gasteiger partial charge in [-0.25, -0.2) is 18.2 Å². The minimum atomic E-state index is -3.69. The Morgan fingerprint density at radius 3 is 2.54 bits per heavy atom. The highest BCUT2D eigenvalue weighted by atomic mass is 35.5. The monoisotopic (exact) mass is 445 g/mol. The van der Waals surface area contributed by atoms with Crippen LogP contribution in [-0.2, 0) is 17.1 Å². The van der Waals surface area contributed by atoms with Gasteiger partial charge in [0.15, 0.2) is 5.03 Å². The number of aryl methyl sites for hydroxylation is 2. The molecule has 11 heteroatoms. The zero-order chi connectivity index (χ0) is 20.5. The Balaban J connectivity index is 1.67. The first-order valence-electron chi connectivity index (χ1n) is 8.69. The van der Waals surface area contributed by atoms with E-state index in [0.717, 1.165) is 0 Å². The maximum absolute atomic E-state index is 12.8.